The highest BCUT2D eigenvalue weighted by Gasteiger charge is 2.34. The van der Waals surface area contributed by atoms with E-state index < -0.39 is 9.84 Å². The van der Waals surface area contributed by atoms with Crippen molar-refractivity contribution in [2.24, 2.45) is 0 Å². The van der Waals surface area contributed by atoms with Crippen LogP contribution >= 0.6 is 11.3 Å². The topological polar surface area (TPSA) is 57.7 Å². The molecule has 128 valence electrons. The first-order chi connectivity index (χ1) is 11.0. The van der Waals surface area contributed by atoms with Gasteiger partial charge in [0.1, 0.15) is 0 Å². The van der Waals surface area contributed by atoms with Crippen LogP contribution < -0.4 is 0 Å². The number of sulfone groups is 1. The van der Waals surface area contributed by atoms with Crippen LogP contribution in [0.3, 0.4) is 0 Å². The molecule has 0 bridgehead atoms. The molecule has 2 fully saturated rings. The molecule has 7 heteroatoms. The molecule has 3 rings (SSSR count). The Balaban J connectivity index is 1.39. The fourth-order valence-corrected chi connectivity index (χ4v) is 5.94. The first kappa shape index (κ1) is 16.9. The van der Waals surface area contributed by atoms with Crippen LogP contribution in [0.4, 0.5) is 0 Å². The van der Waals surface area contributed by atoms with Crippen molar-refractivity contribution < 1.29 is 13.2 Å². The van der Waals surface area contributed by atoms with Crippen LogP contribution in [0.15, 0.2) is 17.5 Å². The average molecular weight is 357 g/mol. The van der Waals surface area contributed by atoms with E-state index in [9.17, 15) is 13.2 Å². The summed E-state index contributed by atoms with van der Waals surface area (Å²) in [5.41, 5.74) is 0. The van der Waals surface area contributed by atoms with Crippen LogP contribution in [0.5, 0.6) is 0 Å². The maximum atomic E-state index is 12.3. The first-order valence-electron chi connectivity index (χ1n) is 8.28. The summed E-state index contributed by atoms with van der Waals surface area (Å²) in [6, 6.07) is 4.32. The lowest BCUT2D eigenvalue weighted by Gasteiger charge is -2.37. The minimum atomic E-state index is -2.83. The van der Waals surface area contributed by atoms with Crippen LogP contribution in [-0.2, 0) is 21.1 Å². The summed E-state index contributed by atoms with van der Waals surface area (Å²) in [6.07, 6.45) is 3.23. The molecule has 1 aromatic heterocycles. The molecular formula is C16H24N2O3S2. The monoisotopic (exact) mass is 356 g/mol. The van der Waals surface area contributed by atoms with Crippen LogP contribution in [0.25, 0.3) is 0 Å². The molecule has 0 spiro atoms. The van der Waals surface area contributed by atoms with Gasteiger partial charge in [0.25, 0.3) is 0 Å². The fraction of sp³-hybridized carbons (Fsp3) is 0.688. The Labute approximate surface area is 142 Å². The quantitative estimate of drug-likeness (QED) is 0.800. The summed E-state index contributed by atoms with van der Waals surface area (Å²) < 4.78 is 23.2. The normalized spacial score (nSPS) is 24.9. The van der Waals surface area contributed by atoms with E-state index in [1.165, 1.54) is 4.88 Å². The molecule has 1 atom stereocenters. The van der Waals surface area contributed by atoms with Crippen molar-refractivity contribution >= 4 is 27.1 Å². The van der Waals surface area contributed by atoms with Gasteiger partial charge in [-0.05, 0) is 30.7 Å². The van der Waals surface area contributed by atoms with E-state index in [2.05, 4.69) is 16.3 Å². The average Bonchev–Trinajstić information content (AvgIpc) is 3.17. The molecule has 23 heavy (non-hydrogen) atoms. The number of amides is 1. The highest BCUT2D eigenvalue weighted by molar-refractivity contribution is 7.91. The van der Waals surface area contributed by atoms with Gasteiger partial charge in [-0.15, -0.1) is 11.3 Å². The number of hydrogen-bond acceptors (Lipinski definition) is 5. The number of hydrogen-bond donors (Lipinski definition) is 0. The molecule has 0 unspecified atom stereocenters. The maximum absolute atomic E-state index is 12.3. The maximum Gasteiger partial charge on any atom is 0.222 e. The van der Waals surface area contributed by atoms with Gasteiger partial charge in [-0.3, -0.25) is 9.69 Å². The van der Waals surface area contributed by atoms with E-state index in [1.807, 2.05) is 11.0 Å². The van der Waals surface area contributed by atoms with E-state index in [4.69, 9.17) is 0 Å². The lowest BCUT2D eigenvalue weighted by molar-refractivity contribution is -0.133. The molecule has 0 radical (unpaired) electrons. The zero-order chi connectivity index (χ0) is 16.3. The van der Waals surface area contributed by atoms with Crippen molar-refractivity contribution in [3.8, 4) is 0 Å². The first-order valence-corrected chi connectivity index (χ1v) is 11.0. The standard InChI is InChI=1S/C16H24N2O3S2/c19-16(5-1-3-15-4-2-11-22-15)18-9-7-17(8-10-18)14-6-12-23(20,21)13-14/h2,4,11,14H,1,3,5-10,12-13H2/t14-/m0/s1. The zero-order valence-electron chi connectivity index (χ0n) is 13.3. The molecule has 2 aliphatic heterocycles. The largest absolute Gasteiger partial charge is 0.340 e. The van der Waals surface area contributed by atoms with Crippen LogP contribution in [0.1, 0.15) is 24.1 Å². The lowest BCUT2D eigenvalue weighted by atomic mass is 10.1. The van der Waals surface area contributed by atoms with Gasteiger partial charge in [0.2, 0.25) is 5.91 Å². The highest BCUT2D eigenvalue weighted by Crippen LogP contribution is 2.20. The molecule has 2 aliphatic rings. The molecule has 2 saturated heterocycles. The molecule has 0 N–H and O–H groups in total. The minimum absolute atomic E-state index is 0.163. The Hall–Kier alpha value is -0.920. The van der Waals surface area contributed by atoms with Gasteiger partial charge in [-0.2, -0.15) is 0 Å². The van der Waals surface area contributed by atoms with Crippen molar-refractivity contribution in [1.82, 2.24) is 9.80 Å². The number of aryl methyl sites for hydroxylation is 1. The van der Waals surface area contributed by atoms with Gasteiger partial charge in [0.15, 0.2) is 9.84 Å². The smallest absolute Gasteiger partial charge is 0.222 e. The molecule has 3 heterocycles. The third kappa shape index (κ3) is 4.55. The molecule has 1 amide bonds. The van der Waals surface area contributed by atoms with Gasteiger partial charge < -0.3 is 4.90 Å². The van der Waals surface area contributed by atoms with Crippen molar-refractivity contribution in [1.29, 1.82) is 0 Å². The summed E-state index contributed by atoms with van der Waals surface area (Å²) in [7, 11) is -2.83. The lowest BCUT2D eigenvalue weighted by Crippen LogP contribution is -2.52. The second-order valence-electron chi connectivity index (χ2n) is 6.41. The number of carbonyl (C=O) groups is 1. The summed E-state index contributed by atoms with van der Waals surface area (Å²) in [5.74, 6) is 0.849. The molecule has 0 saturated carbocycles. The van der Waals surface area contributed by atoms with E-state index in [-0.39, 0.29) is 11.9 Å². The Kier molecular flexibility index (Phi) is 5.38. The van der Waals surface area contributed by atoms with Gasteiger partial charge in [-0.25, -0.2) is 8.42 Å². The Bertz CT molecular complexity index is 620. The fourth-order valence-electron chi connectivity index (χ4n) is 3.43. The summed E-state index contributed by atoms with van der Waals surface area (Å²) in [4.78, 5) is 17.8. The Morgan fingerprint density at radius 3 is 2.65 bits per heavy atom. The van der Waals surface area contributed by atoms with E-state index in [0.29, 0.717) is 17.9 Å². The number of nitrogens with zero attached hydrogens (tertiary/aromatic N) is 2. The van der Waals surface area contributed by atoms with Crippen molar-refractivity contribution in [3.05, 3.63) is 22.4 Å². The van der Waals surface area contributed by atoms with E-state index >= 15 is 0 Å². The van der Waals surface area contributed by atoms with Crippen LogP contribution in [-0.4, -0.2) is 67.9 Å². The van der Waals surface area contributed by atoms with Crippen molar-refractivity contribution in [3.63, 3.8) is 0 Å². The van der Waals surface area contributed by atoms with Crippen molar-refractivity contribution in [2.45, 2.75) is 31.7 Å². The molecule has 1 aromatic rings. The summed E-state index contributed by atoms with van der Waals surface area (Å²) in [6.45, 7) is 3.07. The summed E-state index contributed by atoms with van der Waals surface area (Å²) in [5, 5.41) is 2.07. The number of thiophene rings is 1. The summed E-state index contributed by atoms with van der Waals surface area (Å²) >= 11 is 1.74. The second-order valence-corrected chi connectivity index (χ2v) is 9.67. The Morgan fingerprint density at radius 2 is 2.04 bits per heavy atom. The van der Waals surface area contributed by atoms with Crippen LogP contribution in [0, 0.1) is 0 Å². The van der Waals surface area contributed by atoms with Gasteiger partial charge >= 0.3 is 0 Å². The van der Waals surface area contributed by atoms with E-state index in [1.54, 1.807) is 11.3 Å². The number of piperazine rings is 1. The van der Waals surface area contributed by atoms with Gasteiger partial charge in [-0.1, -0.05) is 6.07 Å². The van der Waals surface area contributed by atoms with Crippen molar-refractivity contribution in [2.75, 3.05) is 37.7 Å². The molecule has 5 nitrogen and oxygen atoms in total. The molecular weight excluding hydrogens is 332 g/mol. The molecule has 0 aliphatic carbocycles. The predicted molar refractivity (Wildman–Crippen MR) is 92.5 cm³/mol. The number of carbonyl (C=O) groups excluding carboxylic acids is 1. The molecule has 0 aromatic carbocycles. The Morgan fingerprint density at radius 1 is 1.26 bits per heavy atom. The van der Waals surface area contributed by atoms with Gasteiger partial charge in [0, 0.05) is 43.5 Å². The third-order valence-electron chi connectivity index (χ3n) is 4.79. The number of rotatable bonds is 5. The zero-order valence-corrected chi connectivity index (χ0v) is 14.9. The third-order valence-corrected chi connectivity index (χ3v) is 7.47. The van der Waals surface area contributed by atoms with Gasteiger partial charge in [0.05, 0.1) is 11.5 Å². The predicted octanol–water partition coefficient (Wildman–Crippen LogP) is 1.40. The van der Waals surface area contributed by atoms with Crippen LogP contribution in [0.2, 0.25) is 0 Å². The minimum Gasteiger partial charge on any atom is -0.340 e. The highest BCUT2D eigenvalue weighted by atomic mass is 32.2. The van der Waals surface area contributed by atoms with E-state index in [0.717, 1.165) is 45.4 Å². The SMILES string of the molecule is O=C(CCCc1cccs1)N1CCN([C@H]2CCS(=O)(=O)C2)CC1. The second kappa shape index (κ2) is 7.32.